The van der Waals surface area contributed by atoms with E-state index in [4.69, 9.17) is 32.7 Å². The van der Waals surface area contributed by atoms with Crippen LogP contribution >= 0.6 is 23.2 Å². The van der Waals surface area contributed by atoms with E-state index in [-0.39, 0.29) is 36.8 Å². The predicted molar refractivity (Wildman–Crippen MR) is 117 cm³/mol. The van der Waals surface area contributed by atoms with Crippen molar-refractivity contribution in [1.82, 2.24) is 10.6 Å². The molecule has 0 fully saturated rings. The molecule has 1 heterocycles. The Kier molecular flexibility index (Phi) is 7.95. The number of carbonyl (C=O) groups is 2. The first-order valence-corrected chi connectivity index (χ1v) is 10.5. The number of nitrogens with one attached hydrogen (secondary N) is 2. The monoisotopic (exact) mass is 482 g/mol. The van der Waals surface area contributed by atoms with Crippen LogP contribution in [0.3, 0.4) is 0 Å². The van der Waals surface area contributed by atoms with Crippen molar-refractivity contribution in [2.75, 3.05) is 13.2 Å². The van der Waals surface area contributed by atoms with Gasteiger partial charge in [-0.15, -0.1) is 0 Å². The van der Waals surface area contributed by atoms with Crippen LogP contribution in [0.2, 0.25) is 10.0 Å². The van der Waals surface area contributed by atoms with Gasteiger partial charge in [0.1, 0.15) is 17.3 Å². The van der Waals surface area contributed by atoms with Crippen LogP contribution in [0.15, 0.2) is 48.7 Å². The first kappa shape index (κ1) is 23.8. The molecular formula is C22H21Cl2FN2O5. The molecule has 0 saturated heterocycles. The first-order valence-electron chi connectivity index (χ1n) is 9.70. The summed E-state index contributed by atoms with van der Waals surface area (Å²) >= 11 is 11.5. The number of fused-ring (bicyclic) bond motifs is 1. The average Bonchev–Trinajstić information content (AvgIpc) is 2.75. The van der Waals surface area contributed by atoms with Crippen LogP contribution in [-0.4, -0.2) is 36.2 Å². The first-order chi connectivity index (χ1) is 15.2. The van der Waals surface area contributed by atoms with Gasteiger partial charge in [-0.05, 0) is 30.3 Å². The molecule has 0 spiro atoms. The molecule has 2 atom stereocenters. The van der Waals surface area contributed by atoms with Crippen LogP contribution in [0.1, 0.15) is 24.5 Å². The molecule has 0 aliphatic carbocycles. The Morgan fingerprint density at radius 1 is 1.25 bits per heavy atom. The van der Waals surface area contributed by atoms with E-state index in [0.717, 1.165) is 6.07 Å². The average molecular weight is 483 g/mol. The lowest BCUT2D eigenvalue weighted by molar-refractivity contribution is -0.129. The lowest BCUT2D eigenvalue weighted by atomic mass is 9.98. The number of carbonyl (C=O) groups excluding carboxylic acids is 2. The molecule has 1 aliphatic heterocycles. The number of aliphatic hydroxyl groups is 1. The van der Waals surface area contributed by atoms with E-state index in [2.05, 4.69) is 17.2 Å². The Bertz CT molecular complexity index is 1030. The zero-order valence-corrected chi connectivity index (χ0v) is 18.4. The van der Waals surface area contributed by atoms with Gasteiger partial charge in [0.25, 0.3) is 11.8 Å². The predicted octanol–water partition coefficient (Wildman–Crippen LogP) is 3.53. The van der Waals surface area contributed by atoms with Crippen LogP contribution in [0, 0.1) is 5.82 Å². The van der Waals surface area contributed by atoms with Gasteiger partial charge in [-0.3, -0.25) is 9.59 Å². The number of ether oxygens (including phenoxy) is 2. The summed E-state index contributed by atoms with van der Waals surface area (Å²) in [7, 11) is 0. The van der Waals surface area contributed by atoms with Crippen molar-refractivity contribution in [3.05, 3.63) is 70.1 Å². The van der Waals surface area contributed by atoms with Crippen LogP contribution in [-0.2, 0) is 9.59 Å². The number of aliphatic hydroxyl groups excluding tert-OH is 1. The number of rotatable bonds is 8. The zero-order valence-electron chi connectivity index (χ0n) is 16.9. The number of amides is 2. The molecule has 7 nitrogen and oxygen atoms in total. The highest BCUT2D eigenvalue weighted by molar-refractivity contribution is 6.31. The van der Waals surface area contributed by atoms with Gasteiger partial charge in [0.05, 0.1) is 11.1 Å². The van der Waals surface area contributed by atoms with Gasteiger partial charge < -0.3 is 25.2 Å². The van der Waals surface area contributed by atoms with Gasteiger partial charge in [0.15, 0.2) is 12.7 Å². The molecule has 1 aliphatic rings. The molecule has 0 bridgehead atoms. The molecule has 3 rings (SSSR count). The van der Waals surface area contributed by atoms with Crippen molar-refractivity contribution in [3.8, 4) is 11.5 Å². The van der Waals surface area contributed by atoms with Gasteiger partial charge in [0, 0.05) is 41.7 Å². The largest absolute Gasteiger partial charge is 0.484 e. The van der Waals surface area contributed by atoms with E-state index < -0.39 is 29.8 Å². The Balaban J connectivity index is 1.39. The second-order valence-electron chi connectivity index (χ2n) is 7.10. The third kappa shape index (κ3) is 6.35. The van der Waals surface area contributed by atoms with E-state index in [1.165, 1.54) is 12.1 Å². The van der Waals surface area contributed by atoms with E-state index in [9.17, 15) is 19.1 Å². The van der Waals surface area contributed by atoms with Crippen molar-refractivity contribution >= 4 is 35.0 Å². The second-order valence-corrected chi connectivity index (χ2v) is 7.94. The summed E-state index contributed by atoms with van der Waals surface area (Å²) in [6, 6.07) is 8.69. The molecule has 2 aromatic rings. The van der Waals surface area contributed by atoms with Crippen molar-refractivity contribution < 1.29 is 28.6 Å². The van der Waals surface area contributed by atoms with Crippen LogP contribution < -0.4 is 20.1 Å². The minimum absolute atomic E-state index is 0.0379. The quantitative estimate of drug-likeness (QED) is 0.534. The normalized spacial score (nSPS) is 17.0. The number of benzene rings is 2. The van der Waals surface area contributed by atoms with Crippen LogP contribution in [0.4, 0.5) is 4.39 Å². The smallest absolute Gasteiger partial charge is 0.265 e. The summed E-state index contributed by atoms with van der Waals surface area (Å²) in [4.78, 5) is 24.3. The van der Waals surface area contributed by atoms with Crippen molar-refractivity contribution in [2.45, 2.75) is 25.0 Å². The van der Waals surface area contributed by atoms with Gasteiger partial charge in [-0.1, -0.05) is 29.8 Å². The molecule has 2 amide bonds. The van der Waals surface area contributed by atoms with Gasteiger partial charge in [0.2, 0.25) is 0 Å². The van der Waals surface area contributed by atoms with E-state index in [1.807, 2.05) is 0 Å². The molecule has 2 aromatic carbocycles. The minimum atomic E-state index is -0.891. The summed E-state index contributed by atoms with van der Waals surface area (Å²) in [6.07, 6.45) is -1.42. The maximum Gasteiger partial charge on any atom is 0.265 e. The van der Waals surface area contributed by atoms with E-state index in [1.54, 1.807) is 18.2 Å². The summed E-state index contributed by atoms with van der Waals surface area (Å²) in [5, 5.41) is 15.9. The highest BCUT2D eigenvalue weighted by atomic mass is 35.5. The Morgan fingerprint density at radius 2 is 2.03 bits per heavy atom. The summed E-state index contributed by atoms with van der Waals surface area (Å²) in [6.45, 7) is 3.66. The zero-order chi connectivity index (χ0) is 23.3. The van der Waals surface area contributed by atoms with Gasteiger partial charge >= 0.3 is 0 Å². The molecular weight excluding hydrogens is 462 g/mol. The Hall–Kier alpha value is -2.81. The third-order valence-electron chi connectivity index (χ3n) is 4.64. The fourth-order valence-electron chi connectivity index (χ4n) is 3.02. The van der Waals surface area contributed by atoms with Crippen molar-refractivity contribution in [2.24, 2.45) is 0 Å². The van der Waals surface area contributed by atoms with Crippen LogP contribution in [0.5, 0.6) is 11.5 Å². The lowest BCUT2D eigenvalue weighted by Crippen LogP contribution is -2.41. The molecule has 3 N–H and O–H groups in total. The minimum Gasteiger partial charge on any atom is -0.484 e. The Morgan fingerprint density at radius 3 is 2.78 bits per heavy atom. The van der Waals surface area contributed by atoms with E-state index >= 15 is 0 Å². The van der Waals surface area contributed by atoms with E-state index in [0.29, 0.717) is 22.0 Å². The van der Waals surface area contributed by atoms with Gasteiger partial charge in [-0.25, -0.2) is 4.39 Å². The summed E-state index contributed by atoms with van der Waals surface area (Å²) < 4.78 is 24.2. The van der Waals surface area contributed by atoms with Crippen molar-refractivity contribution in [3.63, 3.8) is 0 Å². The Labute approximate surface area is 194 Å². The number of hydrogen-bond acceptors (Lipinski definition) is 5. The molecule has 0 saturated carbocycles. The number of halogens is 3. The standard InChI is InChI=1S/C22H21Cl2FN2O5/c1-12(6-7-26-21(29)11-31-14-3-4-16(24)17(25)9-14)27-22(30)20-10-18(28)15-8-13(23)2-5-19(15)32-20/h2-5,8-9,18,20,28H,1,6-7,10-11H2,(H,26,29)(H,27,30)/t18-,20-/m0/s1. The maximum absolute atomic E-state index is 13.4. The lowest BCUT2D eigenvalue weighted by Gasteiger charge is -2.29. The molecule has 0 radical (unpaired) electrons. The second kappa shape index (κ2) is 10.7. The maximum atomic E-state index is 13.4. The molecule has 0 unspecified atom stereocenters. The third-order valence-corrected chi connectivity index (χ3v) is 5.18. The molecule has 0 aromatic heterocycles. The molecule has 170 valence electrons. The van der Waals surface area contributed by atoms with Crippen molar-refractivity contribution in [1.29, 1.82) is 0 Å². The topological polar surface area (TPSA) is 96.9 Å². The SMILES string of the molecule is C=C(CCNC(=O)COc1ccc(Cl)c(F)c1)NC(=O)[C@@H]1C[C@H](O)c2cc(Cl)ccc2O1. The molecule has 32 heavy (non-hydrogen) atoms. The summed E-state index contributed by atoms with van der Waals surface area (Å²) in [5.74, 6) is -0.940. The fourth-order valence-corrected chi connectivity index (χ4v) is 3.31. The van der Waals surface area contributed by atoms with Gasteiger partial charge in [-0.2, -0.15) is 0 Å². The summed E-state index contributed by atoms with van der Waals surface area (Å²) in [5.41, 5.74) is 0.905. The fraction of sp³-hybridized carbons (Fsp3) is 0.273. The highest BCUT2D eigenvalue weighted by Gasteiger charge is 2.32. The van der Waals surface area contributed by atoms with Crippen LogP contribution in [0.25, 0.3) is 0 Å². The number of hydrogen-bond donors (Lipinski definition) is 3. The molecule has 10 heteroatoms. The highest BCUT2D eigenvalue weighted by Crippen LogP contribution is 2.36.